The summed E-state index contributed by atoms with van der Waals surface area (Å²) >= 11 is 5.41. The molecule has 4 heteroatoms. The summed E-state index contributed by atoms with van der Waals surface area (Å²) in [5.41, 5.74) is 0.617. The van der Waals surface area contributed by atoms with Crippen LogP contribution in [0.5, 0.6) is 0 Å². The van der Waals surface area contributed by atoms with Gasteiger partial charge in [0.1, 0.15) is 5.82 Å². The van der Waals surface area contributed by atoms with Gasteiger partial charge in [-0.3, -0.25) is 0 Å². The van der Waals surface area contributed by atoms with Gasteiger partial charge in [-0.05, 0) is 12.1 Å². The largest absolute Gasteiger partial charge is 0.449 e. The van der Waals surface area contributed by atoms with Gasteiger partial charge in [-0.25, -0.2) is 4.39 Å². The average Bonchev–Trinajstić information content (AvgIpc) is 1.95. The molecular weight excluding hydrogens is 153 g/mol. The van der Waals surface area contributed by atoms with E-state index in [1.54, 1.807) is 0 Å². The van der Waals surface area contributed by atoms with Crippen LogP contribution in [0.15, 0.2) is 18.2 Å². The van der Waals surface area contributed by atoms with E-state index in [4.69, 9.17) is 16.6 Å². The SMILES string of the molecule is OBc1ccc(F)c(Cl)c1. The molecule has 0 spiro atoms. The summed E-state index contributed by atoms with van der Waals surface area (Å²) in [5, 5.41) is 8.62. The number of rotatable bonds is 1. The molecule has 0 bridgehead atoms. The molecule has 1 nitrogen and oxygen atoms in total. The Balaban J connectivity index is 3.04. The standard InChI is InChI=1S/C6H5BClFO/c8-5-3-4(7-10)1-2-6(5)9/h1-3,7,10H. The fraction of sp³-hybridized carbons (Fsp3) is 0. The fourth-order valence-electron chi connectivity index (χ4n) is 0.638. The van der Waals surface area contributed by atoms with E-state index in [-0.39, 0.29) is 12.5 Å². The molecular formula is C6H5BClFO. The van der Waals surface area contributed by atoms with Crippen molar-refractivity contribution in [3.05, 3.63) is 29.0 Å². The summed E-state index contributed by atoms with van der Waals surface area (Å²) in [6, 6.07) is 4.12. The van der Waals surface area contributed by atoms with Crippen molar-refractivity contribution in [2.45, 2.75) is 0 Å². The van der Waals surface area contributed by atoms with Crippen LogP contribution in [0.1, 0.15) is 0 Å². The van der Waals surface area contributed by atoms with Crippen LogP contribution in [0.4, 0.5) is 4.39 Å². The molecule has 0 unspecified atom stereocenters. The summed E-state index contributed by atoms with van der Waals surface area (Å²) in [7, 11) is -0.111. The van der Waals surface area contributed by atoms with Crippen LogP contribution in [-0.2, 0) is 0 Å². The molecule has 0 amide bonds. The topological polar surface area (TPSA) is 20.2 Å². The lowest BCUT2D eigenvalue weighted by atomic mass is 9.89. The lowest BCUT2D eigenvalue weighted by Crippen LogP contribution is -2.12. The molecule has 0 aromatic heterocycles. The molecule has 10 heavy (non-hydrogen) atoms. The van der Waals surface area contributed by atoms with Gasteiger partial charge in [0.05, 0.1) is 5.02 Å². The van der Waals surface area contributed by atoms with Gasteiger partial charge in [0.2, 0.25) is 0 Å². The van der Waals surface area contributed by atoms with Gasteiger partial charge in [-0.1, -0.05) is 23.1 Å². The fourth-order valence-corrected chi connectivity index (χ4v) is 0.841. The summed E-state index contributed by atoms with van der Waals surface area (Å²) < 4.78 is 12.4. The Morgan fingerprint density at radius 1 is 1.50 bits per heavy atom. The van der Waals surface area contributed by atoms with Crippen LogP contribution < -0.4 is 5.46 Å². The van der Waals surface area contributed by atoms with Crippen LogP contribution in [0, 0.1) is 5.82 Å². The summed E-state index contributed by atoms with van der Waals surface area (Å²) in [5.74, 6) is -0.459. The summed E-state index contributed by atoms with van der Waals surface area (Å²) in [4.78, 5) is 0. The maximum Gasteiger partial charge on any atom is 0.304 e. The van der Waals surface area contributed by atoms with E-state index in [1.165, 1.54) is 18.2 Å². The zero-order chi connectivity index (χ0) is 7.56. The molecule has 52 valence electrons. The van der Waals surface area contributed by atoms with Crippen LogP contribution in [0.3, 0.4) is 0 Å². The van der Waals surface area contributed by atoms with E-state index >= 15 is 0 Å². The molecule has 0 radical (unpaired) electrons. The number of hydrogen-bond donors (Lipinski definition) is 1. The van der Waals surface area contributed by atoms with E-state index in [9.17, 15) is 4.39 Å². The molecule has 1 N–H and O–H groups in total. The highest BCUT2D eigenvalue weighted by molar-refractivity contribution is 6.46. The second kappa shape index (κ2) is 3.04. The first-order chi connectivity index (χ1) is 4.74. The van der Waals surface area contributed by atoms with Crippen molar-refractivity contribution >= 4 is 24.5 Å². The molecule has 0 atom stereocenters. The van der Waals surface area contributed by atoms with Crippen molar-refractivity contribution in [2.75, 3.05) is 0 Å². The minimum Gasteiger partial charge on any atom is -0.449 e. The van der Waals surface area contributed by atoms with Gasteiger partial charge in [0.25, 0.3) is 0 Å². The Labute approximate surface area is 63.7 Å². The molecule has 0 heterocycles. The molecule has 0 aliphatic carbocycles. The highest BCUT2D eigenvalue weighted by atomic mass is 35.5. The zero-order valence-corrected chi connectivity index (χ0v) is 5.90. The Morgan fingerprint density at radius 2 is 2.20 bits per heavy atom. The van der Waals surface area contributed by atoms with Crippen LogP contribution in [-0.4, -0.2) is 12.5 Å². The van der Waals surface area contributed by atoms with Crippen molar-refractivity contribution in [1.82, 2.24) is 0 Å². The maximum absolute atomic E-state index is 12.4. The van der Waals surface area contributed by atoms with E-state index in [0.29, 0.717) is 5.46 Å². The third kappa shape index (κ3) is 1.49. The first-order valence-electron chi connectivity index (χ1n) is 2.79. The summed E-state index contributed by atoms with van der Waals surface area (Å²) in [6.07, 6.45) is 0. The Hall–Kier alpha value is -0.535. The highest BCUT2D eigenvalue weighted by Crippen LogP contribution is 2.10. The van der Waals surface area contributed by atoms with E-state index in [0.717, 1.165) is 0 Å². The number of hydrogen-bond acceptors (Lipinski definition) is 1. The second-order valence-electron chi connectivity index (χ2n) is 1.91. The van der Waals surface area contributed by atoms with Crippen molar-refractivity contribution in [1.29, 1.82) is 0 Å². The Bertz CT molecular complexity index is 241. The van der Waals surface area contributed by atoms with Crippen molar-refractivity contribution in [3.8, 4) is 0 Å². The van der Waals surface area contributed by atoms with E-state index < -0.39 is 5.82 Å². The normalized spacial score (nSPS) is 9.50. The smallest absolute Gasteiger partial charge is 0.304 e. The molecule has 0 saturated heterocycles. The summed E-state index contributed by atoms with van der Waals surface area (Å²) in [6.45, 7) is 0. The van der Waals surface area contributed by atoms with E-state index in [1.807, 2.05) is 0 Å². The van der Waals surface area contributed by atoms with Gasteiger partial charge in [0, 0.05) is 0 Å². The van der Waals surface area contributed by atoms with E-state index in [2.05, 4.69) is 0 Å². The first-order valence-corrected chi connectivity index (χ1v) is 3.16. The molecule has 1 aromatic carbocycles. The molecule has 1 aromatic rings. The van der Waals surface area contributed by atoms with Gasteiger partial charge in [-0.15, -0.1) is 0 Å². The molecule has 0 aliphatic heterocycles. The lowest BCUT2D eigenvalue weighted by Gasteiger charge is -1.95. The number of halogens is 2. The van der Waals surface area contributed by atoms with Crippen molar-refractivity contribution in [3.63, 3.8) is 0 Å². The third-order valence-electron chi connectivity index (χ3n) is 1.17. The maximum atomic E-state index is 12.4. The molecule has 0 fully saturated rings. The second-order valence-corrected chi connectivity index (χ2v) is 2.31. The van der Waals surface area contributed by atoms with Gasteiger partial charge >= 0.3 is 7.48 Å². The van der Waals surface area contributed by atoms with Crippen molar-refractivity contribution < 1.29 is 9.41 Å². The predicted molar refractivity (Wildman–Crippen MR) is 40.4 cm³/mol. The average molecular weight is 158 g/mol. The predicted octanol–water partition coefficient (Wildman–Crippen LogP) is 0.448. The van der Waals surface area contributed by atoms with Gasteiger partial charge in [0.15, 0.2) is 0 Å². The van der Waals surface area contributed by atoms with Crippen LogP contribution in [0.2, 0.25) is 5.02 Å². The third-order valence-corrected chi connectivity index (χ3v) is 1.46. The monoisotopic (exact) mass is 158 g/mol. The van der Waals surface area contributed by atoms with Gasteiger partial charge < -0.3 is 5.02 Å². The molecule has 1 rings (SSSR count). The zero-order valence-electron chi connectivity index (χ0n) is 5.14. The highest BCUT2D eigenvalue weighted by Gasteiger charge is 1.99. The minimum absolute atomic E-state index is 0.0477. The first kappa shape index (κ1) is 7.57. The quantitative estimate of drug-likeness (QED) is 0.588. The Kier molecular flexibility index (Phi) is 2.30. The lowest BCUT2D eigenvalue weighted by molar-refractivity contribution is 0.614. The van der Waals surface area contributed by atoms with Crippen LogP contribution in [0.25, 0.3) is 0 Å². The minimum atomic E-state index is -0.459. The molecule has 0 saturated carbocycles. The molecule has 0 aliphatic rings. The van der Waals surface area contributed by atoms with Gasteiger partial charge in [-0.2, -0.15) is 0 Å². The van der Waals surface area contributed by atoms with Crippen LogP contribution >= 0.6 is 11.6 Å². The van der Waals surface area contributed by atoms with Crippen molar-refractivity contribution in [2.24, 2.45) is 0 Å². The Morgan fingerprint density at radius 3 is 2.70 bits per heavy atom. The number of benzene rings is 1.